The zero-order chi connectivity index (χ0) is 13.1. The highest BCUT2D eigenvalue weighted by molar-refractivity contribution is 6.30. The predicted molar refractivity (Wildman–Crippen MR) is 75.1 cm³/mol. The Kier molecular flexibility index (Phi) is 4.41. The maximum Gasteiger partial charge on any atom is 0.138 e. The summed E-state index contributed by atoms with van der Waals surface area (Å²) in [7, 11) is 0. The molecule has 2 atom stereocenters. The van der Waals surface area contributed by atoms with Crippen LogP contribution in [0.2, 0.25) is 5.02 Å². The van der Waals surface area contributed by atoms with Crippen LogP contribution in [0, 0.1) is 5.92 Å². The zero-order valence-electron chi connectivity index (χ0n) is 11.0. The number of halogens is 1. The minimum Gasteiger partial charge on any atom is -0.302 e. The van der Waals surface area contributed by atoms with E-state index >= 15 is 0 Å². The van der Waals surface area contributed by atoms with E-state index < -0.39 is 0 Å². The molecular formula is C15H20ClNO. The van der Waals surface area contributed by atoms with Gasteiger partial charge in [-0.3, -0.25) is 4.79 Å². The lowest BCUT2D eigenvalue weighted by Crippen LogP contribution is -2.29. The van der Waals surface area contributed by atoms with Crippen molar-refractivity contribution in [1.29, 1.82) is 0 Å². The van der Waals surface area contributed by atoms with Crippen molar-refractivity contribution in [3.8, 4) is 0 Å². The monoisotopic (exact) mass is 265 g/mol. The summed E-state index contributed by atoms with van der Waals surface area (Å²) in [5.74, 6) is 0.965. The van der Waals surface area contributed by atoms with Gasteiger partial charge in [0.05, 0.1) is 5.92 Å². The number of carbonyl (C=O) groups excluding carboxylic acids is 1. The Labute approximate surface area is 114 Å². The lowest BCUT2D eigenvalue weighted by Gasteiger charge is -2.22. The largest absolute Gasteiger partial charge is 0.302 e. The lowest BCUT2D eigenvalue weighted by atomic mass is 9.95. The molecule has 0 amide bonds. The van der Waals surface area contributed by atoms with Gasteiger partial charge in [-0.15, -0.1) is 0 Å². The first-order chi connectivity index (χ1) is 8.56. The molecule has 2 unspecified atom stereocenters. The van der Waals surface area contributed by atoms with Crippen LogP contribution in [-0.4, -0.2) is 30.3 Å². The number of carbonyl (C=O) groups is 1. The van der Waals surface area contributed by atoms with Crippen molar-refractivity contribution in [3.63, 3.8) is 0 Å². The molecule has 98 valence electrons. The molecule has 0 spiro atoms. The highest BCUT2D eigenvalue weighted by atomic mass is 35.5. The molecular weight excluding hydrogens is 246 g/mol. The third-order valence-electron chi connectivity index (χ3n) is 3.71. The van der Waals surface area contributed by atoms with Crippen LogP contribution >= 0.6 is 11.6 Å². The molecule has 3 heteroatoms. The topological polar surface area (TPSA) is 20.3 Å². The van der Waals surface area contributed by atoms with Gasteiger partial charge in [-0.1, -0.05) is 30.7 Å². The zero-order valence-corrected chi connectivity index (χ0v) is 11.8. The number of benzene rings is 1. The molecule has 0 N–H and O–H groups in total. The predicted octanol–water partition coefficient (Wildman–Crippen LogP) is 3.35. The lowest BCUT2D eigenvalue weighted by molar-refractivity contribution is -0.118. The number of Topliss-reactive ketones (excluding diaryl/α,β-unsaturated/α-hetero) is 1. The van der Waals surface area contributed by atoms with Gasteiger partial charge in [0.15, 0.2) is 0 Å². The number of hydrogen-bond acceptors (Lipinski definition) is 2. The molecule has 1 fully saturated rings. The molecule has 1 saturated heterocycles. The maximum atomic E-state index is 11.8. The quantitative estimate of drug-likeness (QED) is 0.832. The van der Waals surface area contributed by atoms with Gasteiger partial charge >= 0.3 is 0 Å². The van der Waals surface area contributed by atoms with Gasteiger partial charge in [-0.05, 0) is 43.5 Å². The molecule has 2 rings (SSSR count). The summed E-state index contributed by atoms with van der Waals surface area (Å²) in [6, 6.07) is 7.65. The van der Waals surface area contributed by atoms with Crippen molar-refractivity contribution < 1.29 is 4.79 Å². The Bertz CT molecular complexity index is 415. The average Bonchev–Trinajstić information content (AvgIpc) is 2.73. The summed E-state index contributed by atoms with van der Waals surface area (Å²) in [4.78, 5) is 14.2. The molecule has 1 heterocycles. The second-order valence-corrected chi connectivity index (χ2v) is 5.80. The summed E-state index contributed by atoms with van der Waals surface area (Å²) in [5.41, 5.74) is 1.08. The Morgan fingerprint density at radius 2 is 2.11 bits per heavy atom. The van der Waals surface area contributed by atoms with Gasteiger partial charge in [-0.25, -0.2) is 0 Å². The molecule has 18 heavy (non-hydrogen) atoms. The third-order valence-corrected chi connectivity index (χ3v) is 3.96. The fourth-order valence-electron chi connectivity index (χ4n) is 2.61. The fraction of sp³-hybridized carbons (Fsp3) is 0.533. The number of ketones is 1. The van der Waals surface area contributed by atoms with E-state index in [0.29, 0.717) is 0 Å². The molecule has 0 saturated carbocycles. The van der Waals surface area contributed by atoms with Crippen LogP contribution in [0.4, 0.5) is 0 Å². The van der Waals surface area contributed by atoms with Crippen LogP contribution in [0.5, 0.6) is 0 Å². The van der Waals surface area contributed by atoms with Crippen molar-refractivity contribution in [3.05, 3.63) is 34.9 Å². The Morgan fingerprint density at radius 1 is 1.44 bits per heavy atom. The standard InChI is InChI=1S/C15H20ClNO/c1-11-7-8-17(9-11)10-15(12(2)18)13-3-5-14(16)6-4-13/h3-6,11,15H,7-10H2,1-2H3. The second-order valence-electron chi connectivity index (χ2n) is 5.37. The Hall–Kier alpha value is -0.860. The third kappa shape index (κ3) is 3.33. The minimum absolute atomic E-state index is 0.0208. The summed E-state index contributed by atoms with van der Waals surface area (Å²) in [6.45, 7) is 7.00. The smallest absolute Gasteiger partial charge is 0.138 e. The Balaban J connectivity index is 2.08. The van der Waals surface area contributed by atoms with Crippen molar-refractivity contribution in [2.75, 3.05) is 19.6 Å². The summed E-state index contributed by atoms with van der Waals surface area (Å²) >= 11 is 5.89. The molecule has 0 bridgehead atoms. The molecule has 2 nitrogen and oxygen atoms in total. The van der Waals surface area contributed by atoms with E-state index in [1.165, 1.54) is 6.42 Å². The minimum atomic E-state index is -0.0208. The van der Waals surface area contributed by atoms with E-state index in [1.54, 1.807) is 6.92 Å². The van der Waals surface area contributed by atoms with E-state index in [1.807, 2.05) is 24.3 Å². The SMILES string of the molecule is CC(=O)C(CN1CCC(C)C1)c1ccc(Cl)cc1. The van der Waals surface area contributed by atoms with Gasteiger partial charge in [0, 0.05) is 18.1 Å². The number of hydrogen-bond donors (Lipinski definition) is 0. The second kappa shape index (κ2) is 5.85. The molecule has 1 aliphatic heterocycles. The van der Waals surface area contributed by atoms with Crippen LogP contribution in [0.3, 0.4) is 0 Å². The summed E-state index contributed by atoms with van der Waals surface area (Å²) < 4.78 is 0. The average molecular weight is 266 g/mol. The molecule has 1 aromatic carbocycles. The highest BCUT2D eigenvalue weighted by Gasteiger charge is 2.25. The van der Waals surface area contributed by atoms with Crippen LogP contribution in [0.1, 0.15) is 31.7 Å². The first-order valence-electron chi connectivity index (χ1n) is 6.54. The normalized spacial score (nSPS) is 22.1. The molecule has 0 aromatic heterocycles. The highest BCUT2D eigenvalue weighted by Crippen LogP contribution is 2.24. The molecule has 1 aliphatic rings. The van der Waals surface area contributed by atoms with Crippen molar-refractivity contribution in [2.24, 2.45) is 5.92 Å². The van der Waals surface area contributed by atoms with Gasteiger partial charge in [0.25, 0.3) is 0 Å². The van der Waals surface area contributed by atoms with Crippen LogP contribution in [0.15, 0.2) is 24.3 Å². The van der Waals surface area contributed by atoms with E-state index in [2.05, 4.69) is 11.8 Å². The van der Waals surface area contributed by atoms with Crippen LogP contribution < -0.4 is 0 Å². The Morgan fingerprint density at radius 3 is 2.61 bits per heavy atom. The summed E-state index contributed by atoms with van der Waals surface area (Å²) in [6.07, 6.45) is 1.24. The van der Waals surface area contributed by atoms with Crippen LogP contribution in [0.25, 0.3) is 0 Å². The molecule has 0 aliphatic carbocycles. The van der Waals surface area contributed by atoms with Crippen molar-refractivity contribution >= 4 is 17.4 Å². The molecule has 1 aromatic rings. The van der Waals surface area contributed by atoms with Crippen molar-refractivity contribution in [1.82, 2.24) is 4.90 Å². The van der Waals surface area contributed by atoms with E-state index in [4.69, 9.17) is 11.6 Å². The van der Waals surface area contributed by atoms with E-state index in [-0.39, 0.29) is 11.7 Å². The number of rotatable bonds is 4. The van der Waals surface area contributed by atoms with Crippen molar-refractivity contribution in [2.45, 2.75) is 26.2 Å². The first kappa shape index (κ1) is 13.6. The number of likely N-dealkylation sites (tertiary alicyclic amines) is 1. The van der Waals surface area contributed by atoms with Gasteiger partial charge in [-0.2, -0.15) is 0 Å². The molecule has 0 radical (unpaired) electrons. The summed E-state index contributed by atoms with van der Waals surface area (Å²) in [5, 5.41) is 0.718. The van der Waals surface area contributed by atoms with Gasteiger partial charge in [0.2, 0.25) is 0 Å². The van der Waals surface area contributed by atoms with E-state index in [9.17, 15) is 4.79 Å². The maximum absolute atomic E-state index is 11.8. The van der Waals surface area contributed by atoms with E-state index in [0.717, 1.165) is 36.1 Å². The van der Waals surface area contributed by atoms with Gasteiger partial charge in [0.1, 0.15) is 5.78 Å². The first-order valence-corrected chi connectivity index (χ1v) is 6.92. The van der Waals surface area contributed by atoms with Gasteiger partial charge < -0.3 is 4.90 Å². The number of nitrogens with zero attached hydrogens (tertiary/aromatic N) is 1. The van der Waals surface area contributed by atoms with Crippen LogP contribution in [-0.2, 0) is 4.79 Å². The fourth-order valence-corrected chi connectivity index (χ4v) is 2.74.